The Kier molecular flexibility index (Phi) is 8.84. The number of nitrogens with zero attached hydrogens (tertiary/aromatic N) is 2. The van der Waals surface area contributed by atoms with Crippen molar-refractivity contribution < 1.29 is 28.9 Å². The van der Waals surface area contributed by atoms with Gasteiger partial charge in [0.1, 0.15) is 31.2 Å². The van der Waals surface area contributed by atoms with Gasteiger partial charge in [0.2, 0.25) is 0 Å². The quantitative estimate of drug-likeness (QED) is 0.555. The van der Waals surface area contributed by atoms with Gasteiger partial charge in [-0.15, -0.1) is 0 Å². The van der Waals surface area contributed by atoms with Crippen LogP contribution in [-0.2, 0) is 9.63 Å². The monoisotopic (exact) mass is 484 g/mol. The Bertz CT molecular complexity index is 896. The number of aliphatic hydroxyl groups is 1. The van der Waals surface area contributed by atoms with E-state index in [1.54, 1.807) is 61.6 Å². The zero-order valence-electron chi connectivity index (χ0n) is 17.9. The first kappa shape index (κ1) is 24.4. The van der Waals surface area contributed by atoms with E-state index in [2.05, 4.69) is 0 Å². The Morgan fingerprint density at radius 2 is 1.88 bits per heavy atom. The largest absolute Gasteiger partial charge is 0.487 e. The zero-order chi connectivity index (χ0) is 23.1. The number of halogens is 2. The van der Waals surface area contributed by atoms with E-state index in [1.165, 1.54) is 4.90 Å². The number of hydrogen-bond acceptors (Lipinski definition) is 7. The molecule has 1 saturated heterocycles. The number of aliphatic hydroxyl groups excluding tert-OH is 1. The fourth-order valence-corrected chi connectivity index (χ4v) is 3.17. The number of ether oxygens (including phenoxy) is 3. The molecule has 1 aliphatic heterocycles. The second-order valence-electron chi connectivity index (χ2n) is 7.47. The minimum absolute atomic E-state index is 0.00217. The number of benzene rings is 2. The minimum atomic E-state index is -0.823. The van der Waals surface area contributed by atoms with Gasteiger partial charge in [-0.3, -0.25) is 9.63 Å². The topological polar surface area (TPSA) is 80.7 Å². The van der Waals surface area contributed by atoms with Crippen LogP contribution in [-0.4, -0.2) is 80.2 Å². The van der Waals surface area contributed by atoms with Crippen molar-refractivity contribution in [1.29, 1.82) is 0 Å². The van der Waals surface area contributed by atoms with Gasteiger partial charge in [-0.2, -0.15) is 5.06 Å². The minimum Gasteiger partial charge on any atom is -0.487 e. The summed E-state index contributed by atoms with van der Waals surface area (Å²) in [7, 11) is 3.28. The number of hydroxylamine groups is 2. The van der Waals surface area contributed by atoms with Crippen LogP contribution < -0.4 is 14.2 Å². The van der Waals surface area contributed by atoms with Crippen LogP contribution in [0.2, 0.25) is 10.0 Å². The molecular formula is C22H26Cl2N2O6. The van der Waals surface area contributed by atoms with E-state index in [4.69, 9.17) is 42.3 Å². The molecule has 3 rings (SSSR count). The van der Waals surface area contributed by atoms with Gasteiger partial charge in [-0.25, -0.2) is 0 Å². The zero-order valence-corrected chi connectivity index (χ0v) is 19.4. The molecule has 1 aliphatic rings. The summed E-state index contributed by atoms with van der Waals surface area (Å²) in [5, 5.41) is 13.1. The fraction of sp³-hybridized carbons (Fsp3) is 0.409. The highest BCUT2D eigenvalue weighted by Gasteiger charge is 2.27. The van der Waals surface area contributed by atoms with Gasteiger partial charge in [-0.1, -0.05) is 23.2 Å². The lowest BCUT2D eigenvalue weighted by molar-refractivity contribution is -0.132. The fourth-order valence-electron chi connectivity index (χ4n) is 2.88. The molecule has 2 aromatic carbocycles. The van der Waals surface area contributed by atoms with E-state index in [9.17, 15) is 9.90 Å². The van der Waals surface area contributed by atoms with Crippen LogP contribution in [0.15, 0.2) is 42.5 Å². The Morgan fingerprint density at radius 1 is 1.16 bits per heavy atom. The van der Waals surface area contributed by atoms with Gasteiger partial charge in [0.25, 0.3) is 5.91 Å². The van der Waals surface area contributed by atoms with Crippen LogP contribution in [0.3, 0.4) is 0 Å². The van der Waals surface area contributed by atoms with Crippen LogP contribution >= 0.6 is 23.2 Å². The molecule has 1 fully saturated rings. The summed E-state index contributed by atoms with van der Waals surface area (Å²) in [5.41, 5.74) is 0. The third-order valence-corrected chi connectivity index (χ3v) is 5.06. The summed E-state index contributed by atoms with van der Waals surface area (Å²) >= 11 is 11.9. The van der Waals surface area contributed by atoms with Crippen LogP contribution in [0, 0.1) is 0 Å². The summed E-state index contributed by atoms with van der Waals surface area (Å²) in [6.45, 7) is 0.974. The summed E-state index contributed by atoms with van der Waals surface area (Å²) in [6.07, 6.45) is -0.981. The summed E-state index contributed by atoms with van der Waals surface area (Å²) < 4.78 is 17.1. The third kappa shape index (κ3) is 7.43. The lowest BCUT2D eigenvalue weighted by Gasteiger charge is -2.20. The standard InChI is InChI=1S/C22H26Cl2N2O6/c1-25(2)22(28)14-30-21-9-16(24)5-8-20(21)29-12-17(27)10-26-11-19(13-31-26)32-18-6-3-15(23)4-7-18/h3-9,17,19,27H,10-14H2,1-2H3/t17-,19+/m0/s1. The number of likely N-dealkylation sites (N-methyl/N-ethyl adjacent to an activating group) is 1. The summed E-state index contributed by atoms with van der Waals surface area (Å²) in [6, 6.07) is 12.0. The lowest BCUT2D eigenvalue weighted by atomic mass is 10.3. The molecule has 0 aromatic heterocycles. The van der Waals surface area contributed by atoms with E-state index >= 15 is 0 Å². The van der Waals surface area contributed by atoms with Crippen molar-refractivity contribution in [3.8, 4) is 17.2 Å². The van der Waals surface area contributed by atoms with E-state index in [0.717, 1.165) is 0 Å². The number of amides is 1. The molecule has 1 heterocycles. The van der Waals surface area contributed by atoms with Crippen molar-refractivity contribution in [1.82, 2.24) is 9.96 Å². The summed E-state index contributed by atoms with van der Waals surface area (Å²) in [4.78, 5) is 18.8. The first-order chi connectivity index (χ1) is 15.3. The SMILES string of the molecule is CN(C)C(=O)COc1cc(Cl)ccc1OC[C@@H](O)CN1C[C@@H](Oc2ccc(Cl)cc2)CO1. The Hall–Kier alpha value is -2.23. The number of β-amino-alcohol motifs (C(OH)–C–C–N with tert-alkyl or cyclic N) is 1. The molecule has 2 aromatic rings. The van der Waals surface area contributed by atoms with E-state index in [1.807, 2.05) is 0 Å². The third-order valence-electron chi connectivity index (χ3n) is 4.57. The number of carbonyl (C=O) groups is 1. The molecular weight excluding hydrogens is 459 g/mol. The molecule has 10 heteroatoms. The predicted octanol–water partition coefficient (Wildman–Crippen LogP) is 2.89. The normalized spacial score (nSPS) is 17.1. The van der Waals surface area contributed by atoms with E-state index in [0.29, 0.717) is 40.4 Å². The van der Waals surface area contributed by atoms with Crippen LogP contribution in [0.1, 0.15) is 0 Å². The van der Waals surface area contributed by atoms with E-state index in [-0.39, 0.29) is 31.8 Å². The Balaban J connectivity index is 1.46. The second-order valence-corrected chi connectivity index (χ2v) is 8.34. The van der Waals surface area contributed by atoms with Gasteiger partial charge in [0, 0.05) is 30.2 Å². The molecule has 0 spiro atoms. The van der Waals surface area contributed by atoms with Crippen LogP contribution in [0.25, 0.3) is 0 Å². The number of carbonyl (C=O) groups excluding carboxylic acids is 1. The Labute approximate surface area is 197 Å². The van der Waals surface area contributed by atoms with Crippen molar-refractivity contribution in [3.63, 3.8) is 0 Å². The van der Waals surface area contributed by atoms with Gasteiger partial charge in [-0.05, 0) is 36.4 Å². The molecule has 2 atom stereocenters. The maximum Gasteiger partial charge on any atom is 0.259 e. The highest BCUT2D eigenvalue weighted by molar-refractivity contribution is 6.31. The molecule has 8 nitrogen and oxygen atoms in total. The molecule has 32 heavy (non-hydrogen) atoms. The lowest BCUT2D eigenvalue weighted by Crippen LogP contribution is -2.34. The maximum absolute atomic E-state index is 11.8. The molecule has 0 unspecified atom stereocenters. The number of hydrogen-bond donors (Lipinski definition) is 1. The van der Waals surface area contributed by atoms with Gasteiger partial charge in [0.05, 0.1) is 13.1 Å². The molecule has 0 saturated carbocycles. The van der Waals surface area contributed by atoms with Crippen molar-refractivity contribution in [3.05, 3.63) is 52.5 Å². The average molecular weight is 485 g/mol. The highest BCUT2D eigenvalue weighted by Crippen LogP contribution is 2.30. The summed E-state index contributed by atoms with van der Waals surface area (Å²) in [5.74, 6) is 1.22. The Morgan fingerprint density at radius 3 is 2.59 bits per heavy atom. The average Bonchev–Trinajstić information content (AvgIpc) is 3.19. The van der Waals surface area contributed by atoms with Gasteiger partial charge < -0.3 is 24.2 Å². The van der Waals surface area contributed by atoms with Crippen molar-refractivity contribution in [2.75, 3.05) is 47.0 Å². The maximum atomic E-state index is 11.8. The molecule has 0 bridgehead atoms. The molecule has 0 radical (unpaired) electrons. The smallest absolute Gasteiger partial charge is 0.259 e. The van der Waals surface area contributed by atoms with Crippen molar-refractivity contribution in [2.24, 2.45) is 0 Å². The first-order valence-corrected chi connectivity index (χ1v) is 10.8. The second kappa shape index (κ2) is 11.6. The first-order valence-electron chi connectivity index (χ1n) is 10.0. The molecule has 174 valence electrons. The molecule has 1 N–H and O–H groups in total. The molecule has 1 amide bonds. The van der Waals surface area contributed by atoms with Crippen LogP contribution in [0.4, 0.5) is 0 Å². The highest BCUT2D eigenvalue weighted by atomic mass is 35.5. The van der Waals surface area contributed by atoms with Crippen molar-refractivity contribution in [2.45, 2.75) is 12.2 Å². The number of rotatable bonds is 10. The molecule has 0 aliphatic carbocycles. The van der Waals surface area contributed by atoms with E-state index < -0.39 is 6.10 Å². The van der Waals surface area contributed by atoms with Gasteiger partial charge >= 0.3 is 0 Å². The van der Waals surface area contributed by atoms with Gasteiger partial charge in [0.15, 0.2) is 18.1 Å². The van der Waals surface area contributed by atoms with Crippen LogP contribution in [0.5, 0.6) is 17.2 Å². The predicted molar refractivity (Wildman–Crippen MR) is 121 cm³/mol. The van der Waals surface area contributed by atoms with Crippen molar-refractivity contribution >= 4 is 29.1 Å².